The van der Waals surface area contributed by atoms with E-state index in [-0.39, 0.29) is 5.75 Å². The summed E-state index contributed by atoms with van der Waals surface area (Å²) in [4.78, 5) is 0. The summed E-state index contributed by atoms with van der Waals surface area (Å²) < 4.78 is 24.8. The molecule has 86 valence electrons. The summed E-state index contributed by atoms with van der Waals surface area (Å²) in [7, 11) is -1.99. The van der Waals surface area contributed by atoms with Gasteiger partial charge in [0.1, 0.15) is 6.04 Å². The van der Waals surface area contributed by atoms with Crippen LogP contribution in [-0.2, 0) is 15.8 Å². The van der Waals surface area contributed by atoms with Gasteiger partial charge in [0.05, 0.1) is 11.8 Å². The molecule has 0 bridgehead atoms. The zero-order chi connectivity index (χ0) is 12.2. The maximum atomic E-state index is 11.9. The van der Waals surface area contributed by atoms with Crippen molar-refractivity contribution in [3.63, 3.8) is 0 Å². The highest BCUT2D eigenvalue weighted by molar-refractivity contribution is 7.88. The SMILES string of the molecule is CC(C#N)N(C)S(=O)(=O)Cc1ccccc1. The molecule has 0 saturated heterocycles. The standard InChI is InChI=1S/C11H14N2O2S/c1-10(8-12)13(2)16(14,15)9-11-6-4-3-5-7-11/h3-7,10H,9H2,1-2H3. The van der Waals surface area contributed by atoms with Gasteiger partial charge in [0.25, 0.3) is 0 Å². The van der Waals surface area contributed by atoms with Crippen LogP contribution in [0.5, 0.6) is 0 Å². The Hall–Kier alpha value is -1.38. The number of hydrogen-bond acceptors (Lipinski definition) is 3. The van der Waals surface area contributed by atoms with Crippen LogP contribution < -0.4 is 0 Å². The van der Waals surface area contributed by atoms with E-state index in [1.807, 2.05) is 12.1 Å². The molecule has 1 aromatic carbocycles. The minimum Gasteiger partial charge on any atom is -0.212 e. The summed E-state index contributed by atoms with van der Waals surface area (Å²) in [6, 6.07) is 10.2. The third-order valence-electron chi connectivity index (χ3n) is 2.36. The maximum absolute atomic E-state index is 11.9. The fraction of sp³-hybridized carbons (Fsp3) is 0.364. The van der Waals surface area contributed by atoms with Crippen molar-refractivity contribution in [3.8, 4) is 6.07 Å². The van der Waals surface area contributed by atoms with Gasteiger partial charge in [0, 0.05) is 7.05 Å². The van der Waals surface area contributed by atoms with Crippen LogP contribution in [0.3, 0.4) is 0 Å². The van der Waals surface area contributed by atoms with Gasteiger partial charge in [-0.15, -0.1) is 0 Å². The molecule has 0 amide bonds. The zero-order valence-corrected chi connectivity index (χ0v) is 10.1. The maximum Gasteiger partial charge on any atom is 0.219 e. The van der Waals surface area contributed by atoms with Gasteiger partial charge in [0.15, 0.2) is 0 Å². The molecule has 1 unspecified atom stereocenters. The van der Waals surface area contributed by atoms with Gasteiger partial charge in [-0.05, 0) is 12.5 Å². The average Bonchev–Trinajstić information content (AvgIpc) is 2.27. The summed E-state index contributed by atoms with van der Waals surface area (Å²) in [5, 5.41) is 8.68. The number of benzene rings is 1. The van der Waals surface area contributed by atoms with Gasteiger partial charge in [-0.2, -0.15) is 9.57 Å². The Balaban J connectivity index is 2.85. The molecular formula is C11H14N2O2S. The van der Waals surface area contributed by atoms with Gasteiger partial charge in [0.2, 0.25) is 10.0 Å². The van der Waals surface area contributed by atoms with E-state index in [0.717, 1.165) is 9.87 Å². The Kier molecular flexibility index (Phi) is 4.05. The molecule has 0 aliphatic rings. The van der Waals surface area contributed by atoms with Crippen molar-refractivity contribution in [1.29, 1.82) is 5.26 Å². The van der Waals surface area contributed by atoms with Crippen LogP contribution >= 0.6 is 0 Å². The van der Waals surface area contributed by atoms with E-state index in [1.54, 1.807) is 31.2 Å². The van der Waals surface area contributed by atoms with Crippen LogP contribution in [0.2, 0.25) is 0 Å². The lowest BCUT2D eigenvalue weighted by atomic mass is 10.2. The Bertz CT molecular complexity index is 476. The summed E-state index contributed by atoms with van der Waals surface area (Å²) >= 11 is 0. The fourth-order valence-corrected chi connectivity index (χ4v) is 2.56. The molecule has 0 radical (unpaired) electrons. The van der Waals surface area contributed by atoms with Gasteiger partial charge < -0.3 is 0 Å². The third kappa shape index (κ3) is 3.05. The van der Waals surface area contributed by atoms with Crippen LogP contribution in [0.25, 0.3) is 0 Å². The molecule has 1 aromatic rings. The van der Waals surface area contributed by atoms with E-state index in [1.165, 1.54) is 7.05 Å². The number of hydrogen-bond donors (Lipinski definition) is 0. The smallest absolute Gasteiger partial charge is 0.212 e. The van der Waals surface area contributed by atoms with Crippen molar-refractivity contribution in [1.82, 2.24) is 4.31 Å². The molecule has 0 fully saturated rings. The van der Waals surface area contributed by atoms with Crippen molar-refractivity contribution >= 4 is 10.0 Å². The number of rotatable bonds is 4. The van der Waals surface area contributed by atoms with Crippen molar-refractivity contribution in [2.75, 3.05) is 7.05 Å². The molecule has 0 heterocycles. The second-order valence-electron chi connectivity index (χ2n) is 3.56. The zero-order valence-electron chi connectivity index (χ0n) is 9.29. The van der Waals surface area contributed by atoms with Gasteiger partial charge >= 0.3 is 0 Å². The van der Waals surface area contributed by atoms with Gasteiger partial charge in [-0.25, -0.2) is 8.42 Å². The van der Waals surface area contributed by atoms with Gasteiger partial charge in [-0.3, -0.25) is 0 Å². The largest absolute Gasteiger partial charge is 0.219 e. The molecule has 0 N–H and O–H groups in total. The molecule has 0 aliphatic carbocycles. The molecule has 0 spiro atoms. The molecule has 0 saturated carbocycles. The average molecular weight is 238 g/mol. The Labute approximate surface area is 96.2 Å². The van der Waals surface area contributed by atoms with E-state index in [4.69, 9.17) is 5.26 Å². The molecule has 1 atom stereocenters. The second-order valence-corrected chi connectivity index (χ2v) is 5.59. The van der Waals surface area contributed by atoms with Crippen LogP contribution in [0.15, 0.2) is 30.3 Å². The van der Waals surface area contributed by atoms with E-state index < -0.39 is 16.1 Å². The fourth-order valence-electron chi connectivity index (χ4n) is 1.21. The molecule has 1 rings (SSSR count). The highest BCUT2D eigenvalue weighted by Gasteiger charge is 2.23. The minimum absolute atomic E-state index is 0.0731. The Morgan fingerprint density at radius 3 is 2.44 bits per heavy atom. The molecule has 5 heteroatoms. The van der Waals surface area contributed by atoms with Crippen LogP contribution in [-0.4, -0.2) is 25.8 Å². The lowest BCUT2D eigenvalue weighted by Crippen LogP contribution is -2.34. The lowest BCUT2D eigenvalue weighted by Gasteiger charge is -2.18. The topological polar surface area (TPSA) is 61.2 Å². The summed E-state index contributed by atoms with van der Waals surface area (Å²) in [5.74, 6) is -0.0731. The number of nitrogens with zero attached hydrogens (tertiary/aromatic N) is 2. The Morgan fingerprint density at radius 2 is 1.94 bits per heavy atom. The van der Waals surface area contributed by atoms with Crippen LogP contribution in [0.1, 0.15) is 12.5 Å². The molecule has 0 aromatic heterocycles. The molecular weight excluding hydrogens is 224 g/mol. The van der Waals surface area contributed by atoms with Crippen LogP contribution in [0.4, 0.5) is 0 Å². The van der Waals surface area contributed by atoms with E-state index in [0.29, 0.717) is 0 Å². The highest BCUT2D eigenvalue weighted by atomic mass is 32.2. The first-order chi connectivity index (χ1) is 7.47. The summed E-state index contributed by atoms with van der Waals surface area (Å²) in [6.45, 7) is 1.56. The van der Waals surface area contributed by atoms with Gasteiger partial charge in [-0.1, -0.05) is 30.3 Å². The first kappa shape index (κ1) is 12.7. The predicted molar refractivity (Wildman–Crippen MR) is 61.9 cm³/mol. The number of nitriles is 1. The highest BCUT2D eigenvalue weighted by Crippen LogP contribution is 2.11. The third-order valence-corrected chi connectivity index (χ3v) is 4.25. The molecule has 4 nitrogen and oxygen atoms in total. The van der Waals surface area contributed by atoms with Crippen molar-refractivity contribution in [2.24, 2.45) is 0 Å². The summed E-state index contributed by atoms with van der Waals surface area (Å²) in [6.07, 6.45) is 0. The predicted octanol–water partition coefficient (Wildman–Crippen LogP) is 1.36. The second kappa shape index (κ2) is 5.10. The van der Waals surface area contributed by atoms with Crippen molar-refractivity contribution < 1.29 is 8.42 Å². The lowest BCUT2D eigenvalue weighted by molar-refractivity contribution is 0.441. The van der Waals surface area contributed by atoms with Crippen molar-refractivity contribution in [3.05, 3.63) is 35.9 Å². The first-order valence-corrected chi connectivity index (χ1v) is 6.47. The monoisotopic (exact) mass is 238 g/mol. The minimum atomic E-state index is -3.41. The summed E-state index contributed by atoms with van der Waals surface area (Å²) in [5.41, 5.74) is 0.722. The molecule has 0 aliphatic heterocycles. The first-order valence-electron chi connectivity index (χ1n) is 4.86. The van der Waals surface area contributed by atoms with Crippen molar-refractivity contribution in [2.45, 2.75) is 18.7 Å². The Morgan fingerprint density at radius 1 is 1.38 bits per heavy atom. The van der Waals surface area contributed by atoms with E-state index >= 15 is 0 Å². The quantitative estimate of drug-likeness (QED) is 0.795. The van der Waals surface area contributed by atoms with E-state index in [2.05, 4.69) is 0 Å². The number of sulfonamides is 1. The van der Waals surface area contributed by atoms with Crippen LogP contribution in [0, 0.1) is 11.3 Å². The molecule has 16 heavy (non-hydrogen) atoms. The normalized spacial score (nSPS) is 13.4. The van der Waals surface area contributed by atoms with E-state index in [9.17, 15) is 8.42 Å².